The number of hydrogen-bond donors (Lipinski definition) is 4. The number of benzene rings is 2. The van der Waals surface area contributed by atoms with Crippen LogP contribution in [0.25, 0.3) is 0 Å². The van der Waals surface area contributed by atoms with Crippen LogP contribution in [-0.4, -0.2) is 99.6 Å². The second-order valence-corrected chi connectivity index (χ2v) is 12.2. The number of carboxylic acids is 1. The predicted molar refractivity (Wildman–Crippen MR) is 175 cm³/mol. The van der Waals surface area contributed by atoms with Crippen molar-refractivity contribution in [3.05, 3.63) is 71.3 Å². The van der Waals surface area contributed by atoms with Gasteiger partial charge in [-0.25, -0.2) is 13.6 Å². The minimum Gasteiger partial charge on any atom is -0.477 e. The first kappa shape index (κ1) is 40.0. The number of carbonyl (C=O) groups excluding carboxylic acids is 3. The van der Waals surface area contributed by atoms with Gasteiger partial charge in [0.15, 0.2) is 6.23 Å². The van der Waals surface area contributed by atoms with Gasteiger partial charge in [0.2, 0.25) is 0 Å². The summed E-state index contributed by atoms with van der Waals surface area (Å²) in [6.45, 7) is 3.12. The number of aliphatic carboxylic acids is 1. The Hall–Kier alpha value is -3.44. The molecule has 0 saturated carbocycles. The van der Waals surface area contributed by atoms with Gasteiger partial charge in [-0.2, -0.15) is 0 Å². The highest BCUT2D eigenvalue weighted by Crippen LogP contribution is 2.28. The van der Waals surface area contributed by atoms with Gasteiger partial charge in [-0.1, -0.05) is 24.3 Å². The third-order valence-corrected chi connectivity index (χ3v) is 8.77. The lowest BCUT2D eigenvalue weighted by molar-refractivity contribution is -0.200. The van der Waals surface area contributed by atoms with Gasteiger partial charge in [0.1, 0.15) is 41.9 Å². The molecule has 1 saturated heterocycles. The topological polar surface area (TPSA) is 201 Å². The van der Waals surface area contributed by atoms with E-state index in [1.165, 1.54) is 67.3 Å². The molecule has 0 radical (unpaired) electrons. The van der Waals surface area contributed by atoms with Crippen LogP contribution in [0, 0.1) is 11.6 Å². The maximum Gasteiger partial charge on any atom is 0.365 e. The molecule has 270 valence electrons. The number of carboxylic acid groups (broad SMARTS) is 1. The Balaban J connectivity index is 1.74. The molecular weight excluding hydrogens is 691 g/mol. The standard InChI is InChI=1S/C32H41Cl2F2N5O8/c1-18(47-28(42)24(37)14-20-5-9-22(35)10-6-20)27(40(16-33)17-34)32(39,31(45)46)49-30(44)26-4-3-13-41(26)19(2)48-29(43)25(38)15-21-7-11-23(36)12-8-21/h5-12,18-19,24-27H,3-4,13-17,37-39H2,1-2H3,(H,45,46)/t18?,19?,24?,25?,26-,27?,32+/m0/s1. The third kappa shape index (κ3) is 10.5. The van der Waals surface area contributed by atoms with E-state index in [0.717, 1.165) is 4.90 Å². The molecule has 13 nitrogen and oxygen atoms in total. The number of likely N-dealkylation sites (tertiary alicyclic amines) is 1. The number of alkyl halides is 2. The molecule has 3 rings (SSSR count). The first-order valence-corrected chi connectivity index (χ1v) is 16.5. The van der Waals surface area contributed by atoms with Crippen LogP contribution in [0.4, 0.5) is 8.78 Å². The number of hydrogen-bond acceptors (Lipinski definition) is 12. The van der Waals surface area contributed by atoms with Crippen LogP contribution in [0.2, 0.25) is 0 Å². The number of nitrogens with zero attached hydrogens (tertiary/aromatic N) is 2. The van der Waals surface area contributed by atoms with Gasteiger partial charge in [0.25, 0.3) is 5.72 Å². The molecule has 2 aromatic rings. The second kappa shape index (κ2) is 18.0. The Bertz CT molecular complexity index is 1440. The fraction of sp³-hybridized carbons (Fsp3) is 0.500. The van der Waals surface area contributed by atoms with Crippen LogP contribution in [0.15, 0.2) is 48.5 Å². The maximum atomic E-state index is 13.6. The molecule has 2 aromatic carbocycles. The molecule has 0 aromatic heterocycles. The summed E-state index contributed by atoms with van der Waals surface area (Å²) in [5, 5.41) is 10.3. The fourth-order valence-corrected chi connectivity index (χ4v) is 6.17. The Morgan fingerprint density at radius 3 is 1.84 bits per heavy atom. The Morgan fingerprint density at radius 1 is 0.918 bits per heavy atom. The first-order chi connectivity index (χ1) is 23.1. The molecule has 17 heteroatoms. The van der Waals surface area contributed by atoms with E-state index in [4.69, 9.17) is 54.6 Å². The van der Waals surface area contributed by atoms with Gasteiger partial charge in [-0.3, -0.25) is 29.9 Å². The molecule has 0 bridgehead atoms. The molecule has 1 aliphatic heterocycles. The molecule has 7 atom stereocenters. The van der Waals surface area contributed by atoms with E-state index in [1.807, 2.05) is 0 Å². The zero-order valence-electron chi connectivity index (χ0n) is 27.0. The van der Waals surface area contributed by atoms with Crippen molar-refractivity contribution in [2.24, 2.45) is 17.2 Å². The predicted octanol–water partition coefficient (Wildman–Crippen LogP) is 2.04. The summed E-state index contributed by atoms with van der Waals surface area (Å²) in [7, 11) is 0. The van der Waals surface area contributed by atoms with Gasteiger partial charge in [-0.05, 0) is 74.9 Å². The van der Waals surface area contributed by atoms with Crippen molar-refractivity contribution in [3.8, 4) is 0 Å². The summed E-state index contributed by atoms with van der Waals surface area (Å²) < 4.78 is 43.1. The van der Waals surface area contributed by atoms with E-state index in [-0.39, 0.29) is 25.8 Å². The molecular formula is C32H41Cl2F2N5O8. The van der Waals surface area contributed by atoms with Crippen molar-refractivity contribution in [1.82, 2.24) is 9.80 Å². The van der Waals surface area contributed by atoms with Crippen LogP contribution in [-0.2, 0) is 46.2 Å². The summed E-state index contributed by atoms with van der Waals surface area (Å²) in [5.41, 5.74) is 16.7. The van der Waals surface area contributed by atoms with Crippen molar-refractivity contribution in [3.63, 3.8) is 0 Å². The van der Waals surface area contributed by atoms with Crippen LogP contribution >= 0.6 is 23.2 Å². The maximum absolute atomic E-state index is 13.6. The summed E-state index contributed by atoms with van der Waals surface area (Å²) in [4.78, 5) is 54.7. The van der Waals surface area contributed by atoms with Gasteiger partial charge < -0.3 is 30.8 Å². The summed E-state index contributed by atoms with van der Waals surface area (Å²) in [6, 6.07) is 4.96. The second-order valence-electron chi connectivity index (χ2n) is 11.7. The van der Waals surface area contributed by atoms with Crippen molar-refractivity contribution >= 4 is 47.1 Å². The molecule has 0 spiro atoms. The van der Waals surface area contributed by atoms with E-state index in [1.54, 1.807) is 0 Å². The first-order valence-electron chi connectivity index (χ1n) is 15.4. The lowest BCUT2D eigenvalue weighted by atomic mass is 9.97. The summed E-state index contributed by atoms with van der Waals surface area (Å²) >= 11 is 12.1. The fourth-order valence-electron chi connectivity index (χ4n) is 5.61. The molecule has 7 N–H and O–H groups in total. The molecule has 1 aliphatic rings. The van der Waals surface area contributed by atoms with E-state index in [2.05, 4.69) is 0 Å². The minimum atomic E-state index is -2.85. The molecule has 1 fully saturated rings. The van der Waals surface area contributed by atoms with Crippen LogP contribution < -0.4 is 17.2 Å². The average Bonchev–Trinajstić information content (AvgIpc) is 3.56. The van der Waals surface area contributed by atoms with E-state index >= 15 is 0 Å². The third-order valence-electron chi connectivity index (χ3n) is 8.15. The molecule has 0 amide bonds. The van der Waals surface area contributed by atoms with Crippen molar-refractivity contribution < 1.29 is 47.3 Å². The molecule has 0 aliphatic carbocycles. The van der Waals surface area contributed by atoms with Gasteiger partial charge in [-0.15, -0.1) is 23.2 Å². The SMILES string of the molecule is CC(OC(=O)C(N)Cc1ccc(F)cc1)C(N(CCl)CCl)[C@@](N)(OC(=O)[C@@H]1CCCN1C(C)OC(=O)C(N)Cc1ccc(F)cc1)C(=O)O. The number of carbonyl (C=O) groups is 4. The zero-order chi connectivity index (χ0) is 36.5. The minimum absolute atomic E-state index is 0.0235. The van der Waals surface area contributed by atoms with Gasteiger partial charge in [0.05, 0.1) is 12.0 Å². The smallest absolute Gasteiger partial charge is 0.365 e. The zero-order valence-corrected chi connectivity index (χ0v) is 28.5. The Morgan fingerprint density at radius 2 is 1.39 bits per heavy atom. The van der Waals surface area contributed by atoms with Gasteiger partial charge in [0, 0.05) is 6.54 Å². The number of halogens is 4. The molecule has 1 heterocycles. The largest absolute Gasteiger partial charge is 0.477 e. The highest BCUT2D eigenvalue weighted by atomic mass is 35.5. The molecule has 5 unspecified atom stereocenters. The quantitative estimate of drug-likeness (QED) is 0.0606. The number of rotatable bonds is 17. The lowest BCUT2D eigenvalue weighted by Crippen LogP contribution is -2.70. The van der Waals surface area contributed by atoms with E-state index in [9.17, 15) is 33.1 Å². The lowest BCUT2D eigenvalue weighted by Gasteiger charge is -2.42. The Kier molecular flexibility index (Phi) is 14.7. The van der Waals surface area contributed by atoms with Crippen LogP contribution in [0.1, 0.15) is 37.8 Å². The van der Waals surface area contributed by atoms with Crippen LogP contribution in [0.5, 0.6) is 0 Å². The highest BCUT2D eigenvalue weighted by molar-refractivity contribution is 6.20. The monoisotopic (exact) mass is 731 g/mol. The summed E-state index contributed by atoms with van der Waals surface area (Å²) in [6.07, 6.45) is -1.65. The highest BCUT2D eigenvalue weighted by Gasteiger charge is 2.54. The molecule has 49 heavy (non-hydrogen) atoms. The van der Waals surface area contributed by atoms with E-state index < -0.39 is 89.7 Å². The number of nitrogens with two attached hydrogens (primary N) is 3. The average molecular weight is 733 g/mol. The number of esters is 3. The van der Waals surface area contributed by atoms with Gasteiger partial charge >= 0.3 is 23.9 Å². The Labute approximate surface area is 292 Å². The normalized spacial score (nSPS) is 19.3. The number of ether oxygens (including phenoxy) is 3. The summed E-state index contributed by atoms with van der Waals surface area (Å²) in [5.74, 6) is -5.47. The van der Waals surface area contributed by atoms with Crippen molar-refractivity contribution in [1.29, 1.82) is 0 Å². The van der Waals surface area contributed by atoms with E-state index in [0.29, 0.717) is 17.5 Å². The van der Waals surface area contributed by atoms with Crippen molar-refractivity contribution in [2.75, 3.05) is 18.6 Å². The van der Waals surface area contributed by atoms with Crippen molar-refractivity contribution in [2.45, 2.75) is 81.8 Å². The van der Waals surface area contributed by atoms with Crippen LogP contribution in [0.3, 0.4) is 0 Å².